The Balaban J connectivity index is 1.53. The number of nitrogens with one attached hydrogen (secondary N) is 1. The van der Waals surface area contributed by atoms with E-state index in [-0.39, 0.29) is 5.91 Å². The third-order valence-electron chi connectivity index (χ3n) is 5.63. The summed E-state index contributed by atoms with van der Waals surface area (Å²) in [5, 5.41) is 2.97. The maximum Gasteiger partial charge on any atom is 0.253 e. The molecule has 0 unspecified atom stereocenters. The Morgan fingerprint density at radius 2 is 1.74 bits per heavy atom. The van der Waals surface area contributed by atoms with Crippen molar-refractivity contribution < 1.29 is 4.79 Å². The van der Waals surface area contributed by atoms with Crippen LogP contribution in [-0.2, 0) is 6.54 Å². The zero-order valence-corrected chi connectivity index (χ0v) is 15.5. The molecule has 3 aromatic rings. The number of aromatic nitrogens is 2. The van der Waals surface area contributed by atoms with E-state index < -0.39 is 0 Å². The second-order valence-corrected chi connectivity index (χ2v) is 7.35. The number of piperazine rings is 1. The molecule has 1 amide bonds. The first-order valence-electron chi connectivity index (χ1n) is 9.52. The number of carbonyl (C=O) groups excluding carboxylic acids is 1. The SMILES string of the molecule is CN1CCN(c2ccc(-c3nc4cccc5c4n3CCNC5=O)cc2)CC1. The Kier molecular flexibility index (Phi) is 3.86. The molecule has 6 nitrogen and oxygen atoms in total. The Morgan fingerprint density at radius 3 is 2.52 bits per heavy atom. The van der Waals surface area contributed by atoms with Gasteiger partial charge in [0, 0.05) is 50.5 Å². The number of likely N-dealkylation sites (N-methyl/N-ethyl adjacent to an activating group) is 1. The zero-order chi connectivity index (χ0) is 18.4. The number of carbonyl (C=O) groups is 1. The van der Waals surface area contributed by atoms with Crippen LogP contribution in [0.2, 0.25) is 0 Å². The van der Waals surface area contributed by atoms with Crippen LogP contribution in [0.4, 0.5) is 5.69 Å². The minimum Gasteiger partial charge on any atom is -0.369 e. The second-order valence-electron chi connectivity index (χ2n) is 7.35. The van der Waals surface area contributed by atoms with Crippen LogP contribution in [0.25, 0.3) is 22.4 Å². The van der Waals surface area contributed by atoms with Gasteiger partial charge in [0.15, 0.2) is 0 Å². The van der Waals surface area contributed by atoms with Crippen molar-refractivity contribution in [3.8, 4) is 11.4 Å². The van der Waals surface area contributed by atoms with Crippen LogP contribution < -0.4 is 10.2 Å². The molecule has 2 aliphatic rings. The van der Waals surface area contributed by atoms with Gasteiger partial charge in [0.05, 0.1) is 16.6 Å². The van der Waals surface area contributed by atoms with Gasteiger partial charge in [-0.05, 0) is 43.4 Å². The number of para-hydroxylation sites is 1. The predicted molar refractivity (Wildman–Crippen MR) is 107 cm³/mol. The third kappa shape index (κ3) is 2.77. The summed E-state index contributed by atoms with van der Waals surface area (Å²) in [6, 6.07) is 14.4. The molecular formula is C21H23N5O. The van der Waals surface area contributed by atoms with E-state index >= 15 is 0 Å². The molecule has 2 aromatic carbocycles. The lowest BCUT2D eigenvalue weighted by Gasteiger charge is -2.34. The first-order chi connectivity index (χ1) is 13.2. The summed E-state index contributed by atoms with van der Waals surface area (Å²) in [4.78, 5) is 22.0. The highest BCUT2D eigenvalue weighted by Crippen LogP contribution is 2.29. The molecule has 1 aromatic heterocycles. The van der Waals surface area contributed by atoms with E-state index in [0.29, 0.717) is 12.1 Å². The van der Waals surface area contributed by atoms with Gasteiger partial charge in [0.25, 0.3) is 5.91 Å². The van der Waals surface area contributed by atoms with Gasteiger partial charge in [-0.3, -0.25) is 4.79 Å². The number of hydrogen-bond donors (Lipinski definition) is 1. The van der Waals surface area contributed by atoms with Gasteiger partial charge in [-0.25, -0.2) is 4.98 Å². The summed E-state index contributed by atoms with van der Waals surface area (Å²) in [5.41, 5.74) is 4.87. The number of benzene rings is 2. The average molecular weight is 361 g/mol. The summed E-state index contributed by atoms with van der Waals surface area (Å²) >= 11 is 0. The molecule has 0 saturated carbocycles. The highest BCUT2D eigenvalue weighted by Gasteiger charge is 2.22. The lowest BCUT2D eigenvalue weighted by atomic mass is 10.1. The third-order valence-corrected chi connectivity index (χ3v) is 5.63. The summed E-state index contributed by atoms with van der Waals surface area (Å²) in [6.45, 7) is 5.67. The molecule has 0 radical (unpaired) electrons. The molecule has 1 N–H and O–H groups in total. The number of anilines is 1. The molecule has 0 aliphatic carbocycles. The van der Waals surface area contributed by atoms with Crippen molar-refractivity contribution in [1.29, 1.82) is 0 Å². The lowest BCUT2D eigenvalue weighted by Crippen LogP contribution is -2.44. The van der Waals surface area contributed by atoms with Gasteiger partial charge in [-0.2, -0.15) is 0 Å². The first-order valence-corrected chi connectivity index (χ1v) is 9.52. The summed E-state index contributed by atoms with van der Waals surface area (Å²) < 4.78 is 2.17. The van der Waals surface area contributed by atoms with E-state index in [1.165, 1.54) is 5.69 Å². The van der Waals surface area contributed by atoms with Gasteiger partial charge in [-0.1, -0.05) is 6.07 Å². The summed E-state index contributed by atoms with van der Waals surface area (Å²) in [5.74, 6) is 0.912. The average Bonchev–Trinajstić information content (AvgIpc) is 2.98. The molecule has 0 spiro atoms. The fourth-order valence-electron chi connectivity index (χ4n) is 4.07. The molecule has 1 fully saturated rings. The highest BCUT2D eigenvalue weighted by atomic mass is 16.1. The maximum absolute atomic E-state index is 12.3. The van der Waals surface area contributed by atoms with Crippen LogP contribution in [-0.4, -0.2) is 60.1 Å². The molecule has 2 aliphatic heterocycles. The van der Waals surface area contributed by atoms with Crippen molar-refractivity contribution in [3.05, 3.63) is 48.0 Å². The number of hydrogen-bond acceptors (Lipinski definition) is 4. The van der Waals surface area contributed by atoms with Crippen LogP contribution in [0.5, 0.6) is 0 Å². The maximum atomic E-state index is 12.3. The highest BCUT2D eigenvalue weighted by molar-refractivity contribution is 6.06. The molecule has 6 heteroatoms. The Hall–Kier alpha value is -2.86. The molecule has 3 heterocycles. The smallest absolute Gasteiger partial charge is 0.253 e. The Morgan fingerprint density at radius 1 is 0.963 bits per heavy atom. The Labute approximate surface area is 158 Å². The zero-order valence-electron chi connectivity index (χ0n) is 15.5. The fourth-order valence-corrected chi connectivity index (χ4v) is 4.07. The van der Waals surface area contributed by atoms with Crippen molar-refractivity contribution in [2.24, 2.45) is 0 Å². The lowest BCUT2D eigenvalue weighted by molar-refractivity contribution is 0.0956. The van der Waals surface area contributed by atoms with Crippen LogP contribution in [0.15, 0.2) is 42.5 Å². The number of rotatable bonds is 2. The van der Waals surface area contributed by atoms with Gasteiger partial charge in [0.2, 0.25) is 0 Å². The monoisotopic (exact) mass is 361 g/mol. The summed E-state index contributed by atoms with van der Waals surface area (Å²) in [7, 11) is 2.17. The topological polar surface area (TPSA) is 53.4 Å². The van der Waals surface area contributed by atoms with E-state index in [4.69, 9.17) is 4.98 Å². The van der Waals surface area contributed by atoms with Crippen LogP contribution in [0.3, 0.4) is 0 Å². The van der Waals surface area contributed by atoms with Crippen molar-refractivity contribution >= 4 is 22.6 Å². The molecule has 0 bridgehead atoms. The minimum atomic E-state index is -0.0174. The molecular weight excluding hydrogens is 338 g/mol. The van der Waals surface area contributed by atoms with Crippen molar-refractivity contribution in [2.45, 2.75) is 6.54 Å². The van der Waals surface area contributed by atoms with Crippen LogP contribution in [0.1, 0.15) is 10.4 Å². The van der Waals surface area contributed by atoms with Gasteiger partial charge < -0.3 is 19.7 Å². The minimum absolute atomic E-state index is 0.0174. The van der Waals surface area contributed by atoms with E-state index in [0.717, 1.165) is 55.1 Å². The largest absolute Gasteiger partial charge is 0.369 e. The number of nitrogens with zero attached hydrogens (tertiary/aromatic N) is 4. The van der Waals surface area contributed by atoms with E-state index in [9.17, 15) is 4.79 Å². The van der Waals surface area contributed by atoms with Crippen molar-refractivity contribution in [3.63, 3.8) is 0 Å². The number of amides is 1. The molecule has 0 atom stereocenters. The standard InChI is InChI=1S/C21H23N5O/c1-24-11-13-25(14-12-24)16-7-5-15(6-8-16)20-23-18-4-2-3-17-19(18)26(20)10-9-22-21(17)27/h2-8H,9-14H2,1H3,(H,22,27). The van der Waals surface area contributed by atoms with Crippen molar-refractivity contribution in [1.82, 2.24) is 19.8 Å². The second kappa shape index (κ2) is 6.39. The fraction of sp³-hybridized carbons (Fsp3) is 0.333. The van der Waals surface area contributed by atoms with E-state index in [1.807, 2.05) is 18.2 Å². The molecule has 1 saturated heterocycles. The van der Waals surface area contributed by atoms with Crippen molar-refractivity contribution in [2.75, 3.05) is 44.7 Å². The van der Waals surface area contributed by atoms with E-state index in [1.54, 1.807) is 0 Å². The van der Waals surface area contributed by atoms with E-state index in [2.05, 4.69) is 51.0 Å². The molecule has 5 rings (SSSR count). The number of imidazole rings is 1. The van der Waals surface area contributed by atoms with Crippen LogP contribution in [0, 0.1) is 0 Å². The first kappa shape index (κ1) is 16.3. The van der Waals surface area contributed by atoms with Gasteiger partial charge in [-0.15, -0.1) is 0 Å². The Bertz CT molecular complexity index is 999. The van der Waals surface area contributed by atoms with Gasteiger partial charge in [0.1, 0.15) is 5.82 Å². The molecule has 27 heavy (non-hydrogen) atoms. The van der Waals surface area contributed by atoms with Crippen LogP contribution >= 0.6 is 0 Å². The van der Waals surface area contributed by atoms with Gasteiger partial charge >= 0.3 is 0 Å². The quantitative estimate of drug-likeness (QED) is 0.760. The predicted octanol–water partition coefficient (Wildman–Crippen LogP) is 2.20. The molecule has 138 valence electrons. The summed E-state index contributed by atoms with van der Waals surface area (Å²) in [6.07, 6.45) is 0. The normalized spacial score (nSPS) is 17.8.